The fourth-order valence-electron chi connectivity index (χ4n) is 6.11. The summed E-state index contributed by atoms with van der Waals surface area (Å²) in [6.45, 7) is 3.09. The number of nitrogens with zero attached hydrogens (tertiary/aromatic N) is 5. The van der Waals surface area contributed by atoms with Gasteiger partial charge in [0.15, 0.2) is 5.15 Å². The predicted molar refractivity (Wildman–Crippen MR) is 176 cm³/mol. The summed E-state index contributed by atoms with van der Waals surface area (Å²) in [5.41, 5.74) is 4.91. The number of hydrogen-bond donors (Lipinski definition) is 4. The van der Waals surface area contributed by atoms with Crippen molar-refractivity contribution in [1.29, 1.82) is 0 Å². The van der Waals surface area contributed by atoms with E-state index in [-0.39, 0.29) is 24.0 Å². The number of aryl methyl sites for hydroxylation is 1. The van der Waals surface area contributed by atoms with Gasteiger partial charge >= 0.3 is 6.03 Å². The number of urea groups is 1. The Labute approximate surface area is 271 Å². The van der Waals surface area contributed by atoms with Gasteiger partial charge in [0.1, 0.15) is 5.82 Å². The lowest BCUT2D eigenvalue weighted by Gasteiger charge is -2.16. The zero-order valence-corrected chi connectivity index (χ0v) is 26.8. The van der Waals surface area contributed by atoms with E-state index < -0.39 is 0 Å². The molecule has 3 amide bonds. The van der Waals surface area contributed by atoms with Crippen LogP contribution in [0.25, 0.3) is 22.5 Å². The van der Waals surface area contributed by atoms with Gasteiger partial charge in [-0.05, 0) is 41.2 Å². The lowest BCUT2D eigenvalue weighted by Crippen LogP contribution is -2.36. The maximum absolute atomic E-state index is 12.8. The molecule has 0 unspecified atom stereocenters. The van der Waals surface area contributed by atoms with E-state index in [1.165, 1.54) is 0 Å². The average molecular weight is 648 g/mol. The molecule has 45 heavy (non-hydrogen) atoms. The Morgan fingerprint density at radius 3 is 2.69 bits per heavy atom. The highest BCUT2D eigenvalue weighted by atomic mass is 35.5. The highest BCUT2D eigenvalue weighted by molar-refractivity contribution is 8.00. The van der Waals surface area contributed by atoms with Crippen LogP contribution in [0, 0.1) is 0 Å². The maximum atomic E-state index is 12.8. The minimum absolute atomic E-state index is 0.00586. The Hall–Kier alpha value is -3.90. The Bertz CT molecular complexity index is 1610. The molecule has 4 heterocycles. The molecule has 0 saturated carbocycles. The van der Waals surface area contributed by atoms with Crippen LogP contribution in [0.5, 0.6) is 0 Å². The van der Waals surface area contributed by atoms with E-state index in [4.69, 9.17) is 16.6 Å². The van der Waals surface area contributed by atoms with Gasteiger partial charge in [0.25, 0.3) is 0 Å². The molecule has 3 atom stereocenters. The lowest BCUT2D eigenvalue weighted by atomic mass is 9.98. The second-order valence-electron chi connectivity index (χ2n) is 11.6. The van der Waals surface area contributed by atoms with Gasteiger partial charge in [-0.1, -0.05) is 79.9 Å². The number of hydrogen-bond acceptors (Lipinski definition) is 7. The van der Waals surface area contributed by atoms with E-state index in [1.54, 1.807) is 0 Å². The van der Waals surface area contributed by atoms with Crippen LogP contribution >= 0.6 is 23.4 Å². The molecular weight excluding hydrogens is 610 g/mol. The van der Waals surface area contributed by atoms with Crippen molar-refractivity contribution in [3.05, 3.63) is 70.8 Å². The van der Waals surface area contributed by atoms with Crippen LogP contribution in [-0.4, -0.2) is 65.2 Å². The van der Waals surface area contributed by atoms with Crippen LogP contribution in [0.15, 0.2) is 48.5 Å². The van der Waals surface area contributed by atoms with E-state index in [2.05, 4.69) is 78.4 Å². The number of aromatic amines is 1. The Morgan fingerprint density at radius 2 is 1.91 bits per heavy atom. The Balaban J connectivity index is 1.07. The second-order valence-corrected chi connectivity index (χ2v) is 13.2. The third-order valence-corrected chi connectivity index (χ3v) is 10.3. The SMILES string of the molecule is CCCCc1nc(Cl)c(CNC(=O)CCCC[C@@H]2SC[C@@H]3NC(=O)N[C@@H]32)n1Cc1ccc(-c2ccccc2-c2nn[nH]n2)cc1. The van der Waals surface area contributed by atoms with E-state index >= 15 is 0 Å². The van der Waals surface area contributed by atoms with Crippen molar-refractivity contribution >= 4 is 35.3 Å². The normalized spacial score (nSPS) is 18.9. The minimum Gasteiger partial charge on any atom is -0.350 e. The first kappa shape index (κ1) is 31.1. The zero-order chi connectivity index (χ0) is 31.2. The van der Waals surface area contributed by atoms with Crippen molar-refractivity contribution in [1.82, 2.24) is 46.1 Å². The summed E-state index contributed by atoms with van der Waals surface area (Å²) < 4.78 is 2.15. The molecule has 4 N–H and O–H groups in total. The minimum atomic E-state index is -0.0647. The summed E-state index contributed by atoms with van der Waals surface area (Å²) >= 11 is 8.57. The van der Waals surface area contributed by atoms with Gasteiger partial charge in [-0.25, -0.2) is 9.78 Å². The average Bonchev–Trinajstić information content (AvgIpc) is 3.84. The molecule has 11 nitrogen and oxygen atoms in total. The van der Waals surface area contributed by atoms with Gasteiger partial charge in [-0.2, -0.15) is 17.0 Å². The summed E-state index contributed by atoms with van der Waals surface area (Å²) in [7, 11) is 0. The standard InChI is InChI=1S/C32H38ClN9O2S/c1-2-3-11-27-36-30(33)25(17-34-28(43)12-7-6-10-26-29-24(19-45-26)35-32(44)37-29)42(27)18-20-13-15-21(16-14-20)22-8-4-5-9-23(22)31-38-40-41-39-31/h4-5,8-9,13-16,24,26,29H,2-3,6-7,10-12,17-19H2,1H3,(H,34,43)(H2,35,37,44)(H,38,39,40,41)/t24-,26-,29-/m0/s1. The first-order valence-electron chi connectivity index (χ1n) is 15.6. The van der Waals surface area contributed by atoms with Crippen molar-refractivity contribution in [3.8, 4) is 22.5 Å². The number of benzene rings is 2. The number of halogens is 1. The van der Waals surface area contributed by atoms with Gasteiger partial charge in [-0.3, -0.25) is 4.79 Å². The third-order valence-electron chi connectivity index (χ3n) is 8.51. The molecule has 0 radical (unpaired) electrons. The number of H-pyrrole nitrogens is 1. The van der Waals surface area contributed by atoms with Crippen LogP contribution in [0.4, 0.5) is 4.79 Å². The molecule has 2 aliphatic rings. The quantitative estimate of drug-likeness (QED) is 0.110. The molecular formula is C32H38ClN9O2S. The third kappa shape index (κ3) is 7.33. The number of carbonyl (C=O) groups is 2. The highest BCUT2D eigenvalue weighted by Gasteiger charge is 2.42. The number of rotatable bonds is 14. The topological polar surface area (TPSA) is 143 Å². The number of carbonyl (C=O) groups excluding carboxylic acids is 2. The monoisotopic (exact) mass is 647 g/mol. The number of aromatic nitrogens is 6. The molecule has 13 heteroatoms. The smallest absolute Gasteiger partial charge is 0.315 e. The maximum Gasteiger partial charge on any atom is 0.315 e. The number of imidazole rings is 1. The van der Waals surface area contributed by atoms with Crippen molar-refractivity contribution in [2.45, 2.75) is 82.3 Å². The number of nitrogens with one attached hydrogen (secondary N) is 4. The van der Waals surface area contributed by atoms with Gasteiger partial charge in [0, 0.05) is 36.0 Å². The Morgan fingerprint density at radius 1 is 1.09 bits per heavy atom. The number of amides is 3. The molecule has 4 aromatic rings. The summed E-state index contributed by atoms with van der Waals surface area (Å²) in [4.78, 5) is 29.1. The van der Waals surface area contributed by atoms with Crippen molar-refractivity contribution in [2.75, 3.05) is 5.75 Å². The largest absolute Gasteiger partial charge is 0.350 e. The van der Waals surface area contributed by atoms with E-state index in [1.807, 2.05) is 30.0 Å². The van der Waals surface area contributed by atoms with Crippen LogP contribution in [0.1, 0.15) is 62.5 Å². The van der Waals surface area contributed by atoms with Crippen molar-refractivity contribution in [2.24, 2.45) is 0 Å². The molecule has 236 valence electrons. The first-order valence-corrected chi connectivity index (χ1v) is 17.0. The Kier molecular flexibility index (Phi) is 10.00. The highest BCUT2D eigenvalue weighted by Crippen LogP contribution is 2.33. The predicted octanol–water partition coefficient (Wildman–Crippen LogP) is 5.12. The van der Waals surface area contributed by atoms with Gasteiger partial charge in [0.2, 0.25) is 11.7 Å². The molecule has 2 aromatic carbocycles. The van der Waals surface area contributed by atoms with E-state index in [0.29, 0.717) is 35.7 Å². The first-order chi connectivity index (χ1) is 22.0. The van der Waals surface area contributed by atoms with Crippen LogP contribution in [-0.2, 0) is 24.3 Å². The number of unbranched alkanes of at least 4 members (excludes halogenated alkanes) is 2. The number of tetrazole rings is 1. The molecule has 2 aromatic heterocycles. The lowest BCUT2D eigenvalue weighted by molar-refractivity contribution is -0.121. The van der Waals surface area contributed by atoms with Crippen LogP contribution in [0.3, 0.4) is 0 Å². The molecule has 2 fully saturated rings. The van der Waals surface area contributed by atoms with Gasteiger partial charge in [0.05, 0.1) is 24.3 Å². The summed E-state index contributed by atoms with van der Waals surface area (Å²) in [5, 5.41) is 24.5. The fraction of sp³-hybridized carbons (Fsp3) is 0.438. The number of fused-ring (bicyclic) bond motifs is 1. The number of thioether (sulfide) groups is 1. The van der Waals surface area contributed by atoms with Gasteiger partial charge < -0.3 is 20.5 Å². The molecule has 0 spiro atoms. The van der Waals surface area contributed by atoms with E-state index in [9.17, 15) is 9.59 Å². The van der Waals surface area contributed by atoms with Crippen molar-refractivity contribution < 1.29 is 9.59 Å². The summed E-state index contributed by atoms with van der Waals surface area (Å²) in [6, 6.07) is 16.8. The van der Waals surface area contributed by atoms with Gasteiger partial charge in [-0.15, -0.1) is 10.2 Å². The second kappa shape index (κ2) is 14.5. The van der Waals surface area contributed by atoms with Crippen LogP contribution in [0.2, 0.25) is 5.15 Å². The summed E-state index contributed by atoms with van der Waals surface area (Å²) in [5.74, 6) is 2.44. The molecule has 2 saturated heterocycles. The summed E-state index contributed by atoms with van der Waals surface area (Å²) in [6.07, 6.45) is 6.06. The molecule has 0 aliphatic carbocycles. The van der Waals surface area contributed by atoms with Crippen molar-refractivity contribution in [3.63, 3.8) is 0 Å². The molecule has 2 aliphatic heterocycles. The fourth-order valence-corrected chi connectivity index (χ4v) is 7.92. The van der Waals surface area contributed by atoms with E-state index in [0.717, 1.165) is 78.0 Å². The van der Waals surface area contributed by atoms with Crippen LogP contribution < -0.4 is 16.0 Å². The zero-order valence-electron chi connectivity index (χ0n) is 25.3. The molecule has 0 bridgehead atoms. The molecule has 6 rings (SSSR count).